The van der Waals surface area contributed by atoms with Gasteiger partial charge in [0.25, 0.3) is 0 Å². The fourth-order valence-corrected chi connectivity index (χ4v) is 6.99. The minimum atomic E-state index is -0.215. The number of aryl methyl sites for hydroxylation is 1. The second-order valence-corrected chi connectivity index (χ2v) is 9.47. The number of aromatic hydroxyl groups is 1. The summed E-state index contributed by atoms with van der Waals surface area (Å²) in [6.45, 7) is 6.72. The van der Waals surface area contributed by atoms with E-state index in [2.05, 4.69) is 19.9 Å². The monoisotopic (exact) mass is 358 g/mol. The molecule has 2 saturated carbocycles. The highest BCUT2D eigenvalue weighted by molar-refractivity contribution is 5.49. The van der Waals surface area contributed by atoms with E-state index in [0.717, 1.165) is 18.3 Å². The molecule has 0 aliphatic heterocycles. The molecule has 0 heterocycles. The first-order valence-electron chi connectivity index (χ1n) is 10.4. The number of aliphatic hydroxyl groups is 1. The summed E-state index contributed by atoms with van der Waals surface area (Å²) in [7, 11) is 1.64. The lowest BCUT2D eigenvalue weighted by Crippen LogP contribution is -2.44. The zero-order valence-electron chi connectivity index (χ0n) is 16.7. The van der Waals surface area contributed by atoms with E-state index in [1.807, 2.05) is 13.0 Å². The number of hydrogen-bond donors (Lipinski definition) is 2. The van der Waals surface area contributed by atoms with E-state index in [-0.39, 0.29) is 11.9 Å². The van der Waals surface area contributed by atoms with Crippen molar-refractivity contribution in [1.82, 2.24) is 0 Å². The Bertz CT molecular complexity index is 682. The van der Waals surface area contributed by atoms with Gasteiger partial charge >= 0.3 is 0 Å². The van der Waals surface area contributed by atoms with Gasteiger partial charge in [0, 0.05) is 0 Å². The maximum atomic E-state index is 10.2. The number of phenolic OH excluding ortho intramolecular Hbond substituents is 1. The van der Waals surface area contributed by atoms with Crippen LogP contribution in [0.4, 0.5) is 0 Å². The normalized spacial score (nSPS) is 38.0. The van der Waals surface area contributed by atoms with Gasteiger partial charge in [-0.25, -0.2) is 0 Å². The number of rotatable bonds is 3. The first-order valence-corrected chi connectivity index (χ1v) is 10.4. The molecule has 1 unspecified atom stereocenters. The topological polar surface area (TPSA) is 49.7 Å². The SMILES string of the molecule is COc1cc2c(cc1O)CC[C@@H]1[C@@H]2CC[C@]2(C)[C@@H]([C@H](C)C(C)O)CC[C@@H]12. The third-order valence-corrected chi connectivity index (χ3v) is 8.49. The number of phenols is 1. The molecule has 2 N–H and O–H groups in total. The summed E-state index contributed by atoms with van der Waals surface area (Å²) < 4.78 is 5.39. The van der Waals surface area contributed by atoms with Crippen molar-refractivity contribution in [2.75, 3.05) is 7.11 Å². The number of methoxy groups -OCH3 is 1. The second-order valence-electron chi connectivity index (χ2n) is 9.47. The summed E-state index contributed by atoms with van der Waals surface area (Å²) in [5.41, 5.74) is 3.11. The fourth-order valence-electron chi connectivity index (χ4n) is 6.99. The molecule has 4 rings (SSSR count). The van der Waals surface area contributed by atoms with Gasteiger partial charge in [-0.05, 0) is 104 Å². The van der Waals surface area contributed by atoms with E-state index in [9.17, 15) is 10.2 Å². The predicted molar refractivity (Wildman–Crippen MR) is 104 cm³/mol. The summed E-state index contributed by atoms with van der Waals surface area (Å²) in [5.74, 6) is 4.02. The van der Waals surface area contributed by atoms with Crippen LogP contribution in [0.15, 0.2) is 12.1 Å². The Kier molecular flexibility index (Phi) is 4.50. The van der Waals surface area contributed by atoms with Gasteiger partial charge in [-0.2, -0.15) is 0 Å². The molecule has 0 spiro atoms. The lowest BCUT2D eigenvalue weighted by Gasteiger charge is -2.52. The third kappa shape index (κ3) is 2.58. The second kappa shape index (κ2) is 6.44. The number of hydrogen-bond acceptors (Lipinski definition) is 3. The van der Waals surface area contributed by atoms with E-state index in [1.54, 1.807) is 7.11 Å². The summed E-state index contributed by atoms with van der Waals surface area (Å²) in [6.07, 6.45) is 7.14. The van der Waals surface area contributed by atoms with Crippen LogP contribution in [0.3, 0.4) is 0 Å². The molecular weight excluding hydrogens is 324 g/mol. The molecule has 1 aromatic rings. The standard InChI is InChI=1S/C23H34O3/c1-13(14(2)24)19-7-8-20-17-6-5-15-11-21(25)22(26-4)12-18(15)16(17)9-10-23(19,20)3/h11-14,16-17,19-20,24-25H,5-10H2,1-4H3/t13-,14?,16+,17-,19-,20+,23-/m1/s1. The molecule has 0 aromatic heterocycles. The minimum Gasteiger partial charge on any atom is -0.504 e. The zero-order chi connectivity index (χ0) is 18.6. The Morgan fingerprint density at radius 2 is 1.92 bits per heavy atom. The average Bonchev–Trinajstić information content (AvgIpc) is 2.97. The van der Waals surface area contributed by atoms with Crippen LogP contribution in [0, 0.1) is 29.1 Å². The predicted octanol–water partition coefficient (Wildman–Crippen LogP) is 4.89. The van der Waals surface area contributed by atoms with Crippen LogP contribution in [0.5, 0.6) is 11.5 Å². The molecule has 3 nitrogen and oxygen atoms in total. The maximum absolute atomic E-state index is 10.2. The largest absolute Gasteiger partial charge is 0.504 e. The smallest absolute Gasteiger partial charge is 0.160 e. The molecule has 2 fully saturated rings. The lowest BCUT2D eigenvalue weighted by molar-refractivity contribution is -0.0154. The van der Waals surface area contributed by atoms with E-state index in [4.69, 9.17) is 4.74 Å². The Balaban J connectivity index is 1.65. The molecular formula is C23H34O3. The quantitative estimate of drug-likeness (QED) is 0.809. The zero-order valence-corrected chi connectivity index (χ0v) is 16.7. The van der Waals surface area contributed by atoms with Gasteiger partial charge in [0.15, 0.2) is 11.5 Å². The van der Waals surface area contributed by atoms with Crippen LogP contribution in [-0.2, 0) is 6.42 Å². The molecule has 7 atom stereocenters. The maximum Gasteiger partial charge on any atom is 0.160 e. The van der Waals surface area contributed by atoms with Crippen molar-refractivity contribution >= 4 is 0 Å². The van der Waals surface area contributed by atoms with Gasteiger partial charge in [0.2, 0.25) is 0 Å². The molecule has 0 amide bonds. The van der Waals surface area contributed by atoms with E-state index >= 15 is 0 Å². The van der Waals surface area contributed by atoms with Gasteiger partial charge in [-0.15, -0.1) is 0 Å². The molecule has 0 radical (unpaired) electrons. The summed E-state index contributed by atoms with van der Waals surface area (Å²) >= 11 is 0. The molecule has 26 heavy (non-hydrogen) atoms. The van der Waals surface area contributed by atoms with Gasteiger partial charge in [0.05, 0.1) is 13.2 Å². The Morgan fingerprint density at radius 1 is 1.15 bits per heavy atom. The van der Waals surface area contributed by atoms with Gasteiger partial charge in [-0.1, -0.05) is 13.8 Å². The highest BCUT2D eigenvalue weighted by atomic mass is 16.5. The van der Waals surface area contributed by atoms with Crippen molar-refractivity contribution in [2.45, 2.75) is 71.3 Å². The van der Waals surface area contributed by atoms with Gasteiger partial charge in [-0.3, -0.25) is 0 Å². The van der Waals surface area contributed by atoms with Crippen molar-refractivity contribution in [3.05, 3.63) is 23.3 Å². The van der Waals surface area contributed by atoms with Crippen LogP contribution in [0.25, 0.3) is 0 Å². The average molecular weight is 359 g/mol. The highest BCUT2D eigenvalue weighted by Gasteiger charge is 2.56. The third-order valence-electron chi connectivity index (χ3n) is 8.49. The van der Waals surface area contributed by atoms with E-state index in [1.165, 1.54) is 43.2 Å². The Hall–Kier alpha value is -1.22. The Labute approximate surface area is 157 Å². The molecule has 144 valence electrons. The van der Waals surface area contributed by atoms with E-state index < -0.39 is 0 Å². The van der Waals surface area contributed by atoms with Crippen molar-refractivity contribution in [1.29, 1.82) is 0 Å². The number of fused-ring (bicyclic) bond motifs is 5. The van der Waals surface area contributed by atoms with Crippen LogP contribution >= 0.6 is 0 Å². The van der Waals surface area contributed by atoms with E-state index in [0.29, 0.717) is 28.9 Å². The molecule has 0 saturated heterocycles. The van der Waals surface area contributed by atoms with Gasteiger partial charge in [0.1, 0.15) is 0 Å². The van der Waals surface area contributed by atoms with Crippen molar-refractivity contribution in [3.8, 4) is 11.5 Å². The number of benzene rings is 1. The van der Waals surface area contributed by atoms with Crippen molar-refractivity contribution in [2.24, 2.45) is 29.1 Å². The van der Waals surface area contributed by atoms with Gasteiger partial charge < -0.3 is 14.9 Å². The van der Waals surface area contributed by atoms with Crippen LogP contribution < -0.4 is 4.74 Å². The van der Waals surface area contributed by atoms with Crippen LogP contribution in [0.2, 0.25) is 0 Å². The number of ether oxygens (including phenoxy) is 1. The highest BCUT2D eigenvalue weighted by Crippen LogP contribution is 2.64. The first kappa shape index (κ1) is 18.2. The van der Waals surface area contributed by atoms with Crippen LogP contribution in [0.1, 0.15) is 69.9 Å². The fraction of sp³-hybridized carbons (Fsp3) is 0.739. The van der Waals surface area contributed by atoms with Crippen molar-refractivity contribution < 1.29 is 14.9 Å². The molecule has 3 aliphatic rings. The summed E-state index contributed by atoms with van der Waals surface area (Å²) in [4.78, 5) is 0. The minimum absolute atomic E-state index is 0.215. The first-order chi connectivity index (χ1) is 12.4. The van der Waals surface area contributed by atoms with Crippen molar-refractivity contribution in [3.63, 3.8) is 0 Å². The summed E-state index contributed by atoms with van der Waals surface area (Å²) in [6, 6.07) is 4.04. The summed E-state index contributed by atoms with van der Waals surface area (Å²) in [5, 5.41) is 20.3. The lowest BCUT2D eigenvalue weighted by atomic mass is 9.53. The number of aliphatic hydroxyl groups excluding tert-OH is 1. The Morgan fingerprint density at radius 3 is 2.62 bits per heavy atom. The molecule has 0 bridgehead atoms. The molecule has 1 aromatic carbocycles. The molecule has 3 aliphatic carbocycles. The molecule has 3 heteroatoms. The van der Waals surface area contributed by atoms with Crippen LogP contribution in [-0.4, -0.2) is 23.4 Å².